The van der Waals surface area contributed by atoms with Crippen LogP contribution >= 0.6 is 11.6 Å². The van der Waals surface area contributed by atoms with Gasteiger partial charge in [-0.2, -0.15) is 5.26 Å². The minimum absolute atomic E-state index is 0.0699. The van der Waals surface area contributed by atoms with Crippen molar-refractivity contribution in [3.05, 3.63) is 40.7 Å². The summed E-state index contributed by atoms with van der Waals surface area (Å²) >= 11 is 5.80. The van der Waals surface area contributed by atoms with Crippen LogP contribution in [0.1, 0.15) is 0 Å². The maximum absolute atomic E-state index is 12.2. The highest BCUT2D eigenvalue weighted by atomic mass is 35.5. The van der Waals surface area contributed by atoms with E-state index in [0.29, 0.717) is 23.8 Å². The Morgan fingerprint density at radius 2 is 1.86 bits per heavy atom. The van der Waals surface area contributed by atoms with Gasteiger partial charge in [0.25, 0.3) is 5.91 Å². The second kappa shape index (κ2) is 7.16. The Balaban J connectivity index is 2.12. The topological polar surface area (TPSA) is 85.4 Å². The van der Waals surface area contributed by atoms with Gasteiger partial charge in [0.1, 0.15) is 11.9 Å². The number of nitriles is 1. The maximum atomic E-state index is 12.2. The van der Waals surface area contributed by atoms with Crippen LogP contribution in [0.3, 0.4) is 0 Å². The molecule has 6 nitrogen and oxygen atoms in total. The van der Waals surface area contributed by atoms with Crippen molar-refractivity contribution in [2.75, 3.05) is 38.5 Å². The molecule has 116 valence electrons. The molecule has 7 heteroatoms. The predicted molar refractivity (Wildman–Crippen MR) is 86.0 cm³/mol. The molecule has 2 rings (SSSR count). The summed E-state index contributed by atoms with van der Waals surface area (Å²) in [7, 11) is 2.02. The fraction of sp³-hybridized carbons (Fsp3) is 0.333. The number of likely N-dealkylation sites (N-methyl/N-ethyl adjacent to an activating group) is 1. The van der Waals surface area contributed by atoms with Gasteiger partial charge in [0.05, 0.1) is 0 Å². The summed E-state index contributed by atoms with van der Waals surface area (Å²) < 4.78 is 0. The Morgan fingerprint density at radius 3 is 2.41 bits per heavy atom. The first kappa shape index (κ1) is 16.1. The zero-order valence-electron chi connectivity index (χ0n) is 12.3. The summed E-state index contributed by atoms with van der Waals surface area (Å²) in [5.41, 5.74) is 6.50. The highest BCUT2D eigenvalue weighted by molar-refractivity contribution is 6.30. The molecule has 1 fully saturated rings. The lowest BCUT2D eigenvalue weighted by Gasteiger charge is -2.34. The highest BCUT2D eigenvalue weighted by Crippen LogP contribution is 2.15. The normalized spacial score (nSPS) is 16.7. The number of carbonyl (C=O) groups is 1. The molecule has 22 heavy (non-hydrogen) atoms. The van der Waals surface area contributed by atoms with Gasteiger partial charge in [-0.25, -0.2) is 0 Å². The molecule has 0 saturated carbocycles. The second-order valence-corrected chi connectivity index (χ2v) is 5.56. The average molecular weight is 320 g/mol. The third-order valence-electron chi connectivity index (χ3n) is 3.54. The number of nitrogens with zero attached hydrogens (tertiary/aromatic N) is 3. The smallest absolute Gasteiger partial charge is 0.270 e. The number of carbonyl (C=O) groups excluding carboxylic acids is 1. The summed E-state index contributed by atoms with van der Waals surface area (Å²) in [6.45, 7) is 3.08. The average Bonchev–Trinajstić information content (AvgIpc) is 2.51. The lowest BCUT2D eigenvalue weighted by Crippen LogP contribution is -2.46. The van der Waals surface area contributed by atoms with E-state index in [1.165, 1.54) is 0 Å². The van der Waals surface area contributed by atoms with Crippen LogP contribution in [0.15, 0.2) is 35.7 Å². The van der Waals surface area contributed by atoms with E-state index in [9.17, 15) is 10.1 Å². The number of piperazine rings is 1. The molecule has 1 aromatic carbocycles. The largest absolute Gasteiger partial charge is 0.384 e. The van der Waals surface area contributed by atoms with Crippen molar-refractivity contribution in [1.29, 1.82) is 5.26 Å². The van der Waals surface area contributed by atoms with Gasteiger partial charge in [-0.1, -0.05) is 11.6 Å². The van der Waals surface area contributed by atoms with E-state index in [2.05, 4.69) is 10.2 Å². The minimum atomic E-state index is -0.513. The van der Waals surface area contributed by atoms with Gasteiger partial charge in [0, 0.05) is 36.9 Å². The molecule has 0 bridgehead atoms. The fourth-order valence-corrected chi connectivity index (χ4v) is 2.28. The zero-order chi connectivity index (χ0) is 16.1. The lowest BCUT2D eigenvalue weighted by molar-refractivity contribution is -0.112. The number of nitrogens with one attached hydrogen (secondary N) is 1. The number of hydrogen-bond acceptors (Lipinski definition) is 5. The van der Waals surface area contributed by atoms with Crippen molar-refractivity contribution in [1.82, 2.24) is 9.80 Å². The summed E-state index contributed by atoms with van der Waals surface area (Å²) in [5.74, 6) is -0.289. The van der Waals surface area contributed by atoms with Gasteiger partial charge in [0.2, 0.25) is 0 Å². The Morgan fingerprint density at radius 1 is 1.27 bits per heavy atom. The van der Waals surface area contributed by atoms with Gasteiger partial charge >= 0.3 is 0 Å². The minimum Gasteiger partial charge on any atom is -0.384 e. The predicted octanol–water partition coefficient (Wildman–Crippen LogP) is 1.22. The summed E-state index contributed by atoms with van der Waals surface area (Å²) in [5, 5.41) is 12.5. The third kappa shape index (κ3) is 3.91. The van der Waals surface area contributed by atoms with Crippen LogP contribution in [0.25, 0.3) is 0 Å². The summed E-state index contributed by atoms with van der Waals surface area (Å²) in [6, 6.07) is 8.57. The number of hydrogen-bond donors (Lipinski definition) is 2. The van der Waals surface area contributed by atoms with E-state index in [0.717, 1.165) is 13.1 Å². The molecular formula is C15H18ClN5O. The molecule has 1 saturated heterocycles. The summed E-state index contributed by atoms with van der Waals surface area (Å²) in [4.78, 5) is 16.3. The quantitative estimate of drug-likeness (QED) is 0.646. The molecule has 1 aliphatic heterocycles. The molecular weight excluding hydrogens is 302 g/mol. The van der Waals surface area contributed by atoms with Crippen molar-refractivity contribution in [3.8, 4) is 6.07 Å². The third-order valence-corrected chi connectivity index (χ3v) is 3.79. The maximum Gasteiger partial charge on any atom is 0.270 e. The number of anilines is 1. The van der Waals surface area contributed by atoms with Crippen molar-refractivity contribution < 1.29 is 4.79 Å². The van der Waals surface area contributed by atoms with E-state index in [1.807, 2.05) is 18.0 Å². The lowest BCUT2D eigenvalue weighted by atomic mass is 10.2. The number of amides is 1. The van der Waals surface area contributed by atoms with Crippen LogP contribution in [0, 0.1) is 11.3 Å². The van der Waals surface area contributed by atoms with Crippen LogP contribution in [0.4, 0.5) is 5.69 Å². The molecule has 0 atom stereocenters. The zero-order valence-corrected chi connectivity index (χ0v) is 13.1. The van der Waals surface area contributed by atoms with Gasteiger partial charge in [0.15, 0.2) is 5.57 Å². The Bertz CT molecular complexity index is 612. The van der Waals surface area contributed by atoms with E-state index < -0.39 is 5.91 Å². The number of benzene rings is 1. The van der Waals surface area contributed by atoms with Crippen molar-refractivity contribution in [3.63, 3.8) is 0 Å². The Labute approximate surface area is 134 Å². The number of nitrogens with two attached hydrogens (primary N) is 1. The first-order valence-corrected chi connectivity index (χ1v) is 7.29. The highest BCUT2D eigenvalue weighted by Gasteiger charge is 2.21. The monoisotopic (exact) mass is 319 g/mol. The fourth-order valence-electron chi connectivity index (χ4n) is 2.16. The molecule has 0 aromatic heterocycles. The second-order valence-electron chi connectivity index (χ2n) is 5.12. The summed E-state index contributed by atoms with van der Waals surface area (Å²) in [6.07, 6.45) is 0. The van der Waals surface area contributed by atoms with Gasteiger partial charge in [-0.3, -0.25) is 4.79 Å². The van der Waals surface area contributed by atoms with Crippen molar-refractivity contribution >= 4 is 23.2 Å². The molecule has 0 aliphatic carbocycles. The van der Waals surface area contributed by atoms with Crippen LogP contribution < -0.4 is 11.1 Å². The van der Waals surface area contributed by atoms with Gasteiger partial charge in [-0.15, -0.1) is 0 Å². The Hall–Kier alpha value is -2.23. The molecule has 0 unspecified atom stereocenters. The molecule has 1 aromatic rings. The van der Waals surface area contributed by atoms with E-state index in [4.69, 9.17) is 17.3 Å². The SMILES string of the molecule is CN1CCN(/C(N)=C(\C#N)C(=O)Nc2ccc(Cl)cc2)CC1. The van der Waals surface area contributed by atoms with E-state index in [1.54, 1.807) is 24.3 Å². The van der Waals surface area contributed by atoms with Gasteiger partial charge in [-0.05, 0) is 31.3 Å². The molecule has 1 amide bonds. The molecule has 0 radical (unpaired) electrons. The van der Waals surface area contributed by atoms with Crippen LogP contribution in [-0.2, 0) is 4.79 Å². The first-order valence-electron chi connectivity index (χ1n) is 6.91. The van der Waals surface area contributed by atoms with Crippen LogP contribution in [0.5, 0.6) is 0 Å². The number of halogens is 1. The molecule has 3 N–H and O–H groups in total. The number of rotatable bonds is 3. The van der Waals surface area contributed by atoms with E-state index in [-0.39, 0.29) is 11.4 Å². The van der Waals surface area contributed by atoms with Crippen molar-refractivity contribution in [2.24, 2.45) is 5.73 Å². The van der Waals surface area contributed by atoms with E-state index >= 15 is 0 Å². The first-order chi connectivity index (χ1) is 10.5. The molecule has 0 spiro atoms. The van der Waals surface area contributed by atoms with Crippen LogP contribution in [0.2, 0.25) is 5.02 Å². The molecule has 1 aliphatic rings. The van der Waals surface area contributed by atoms with Crippen molar-refractivity contribution in [2.45, 2.75) is 0 Å². The van der Waals surface area contributed by atoms with Gasteiger partial charge < -0.3 is 20.9 Å². The standard InChI is InChI=1S/C15H18ClN5O/c1-20-6-8-21(9-7-20)14(18)13(10-17)15(22)19-12-4-2-11(16)3-5-12/h2-5H,6-9,18H2,1H3,(H,19,22)/b14-13+. The molecule has 1 heterocycles. The Kier molecular flexibility index (Phi) is 5.26. The van der Waals surface area contributed by atoms with Crippen LogP contribution in [-0.4, -0.2) is 48.9 Å².